The van der Waals surface area contributed by atoms with E-state index >= 15 is 0 Å². The standard InChI is InChI=1S/C18H25BClNO4/c1-12(23)21-10-15(19-24-17(2,3)18(4,5)25-19)9-13-6-7-16(20)14(8-13)11-22/h6-9,22H,10-11H2,1-5H3,(H,21,23). The van der Waals surface area contributed by atoms with Gasteiger partial charge in [-0.25, -0.2) is 0 Å². The summed E-state index contributed by atoms with van der Waals surface area (Å²) in [6.45, 7) is 9.56. The van der Waals surface area contributed by atoms with Gasteiger partial charge in [-0.15, -0.1) is 0 Å². The van der Waals surface area contributed by atoms with E-state index in [-0.39, 0.29) is 12.5 Å². The summed E-state index contributed by atoms with van der Waals surface area (Å²) >= 11 is 6.05. The number of halogens is 1. The summed E-state index contributed by atoms with van der Waals surface area (Å²) in [5.41, 5.74) is 1.35. The van der Waals surface area contributed by atoms with Gasteiger partial charge < -0.3 is 19.7 Å². The molecule has 0 saturated carbocycles. The van der Waals surface area contributed by atoms with E-state index in [0.29, 0.717) is 17.1 Å². The SMILES string of the molecule is CC(=O)NCC(=Cc1ccc(Cl)c(CO)c1)B1OC(C)(C)C(C)(C)O1. The maximum Gasteiger partial charge on any atom is 0.492 e. The van der Waals surface area contributed by atoms with E-state index in [0.717, 1.165) is 11.0 Å². The molecule has 1 fully saturated rings. The van der Waals surface area contributed by atoms with Crippen molar-refractivity contribution in [1.82, 2.24) is 5.32 Å². The van der Waals surface area contributed by atoms with E-state index in [1.165, 1.54) is 6.92 Å². The van der Waals surface area contributed by atoms with E-state index in [1.807, 2.05) is 39.8 Å². The van der Waals surface area contributed by atoms with Gasteiger partial charge in [0.05, 0.1) is 17.8 Å². The Morgan fingerprint density at radius 3 is 2.40 bits per heavy atom. The summed E-state index contributed by atoms with van der Waals surface area (Å²) in [6, 6.07) is 5.39. The molecule has 0 bridgehead atoms. The molecular formula is C18H25BClNO4. The molecule has 1 saturated heterocycles. The fourth-order valence-corrected chi connectivity index (χ4v) is 2.62. The summed E-state index contributed by atoms with van der Waals surface area (Å²) < 4.78 is 12.2. The van der Waals surface area contributed by atoms with Gasteiger partial charge in [0.25, 0.3) is 0 Å². The van der Waals surface area contributed by atoms with Crippen LogP contribution in [0.4, 0.5) is 0 Å². The number of hydrogen-bond donors (Lipinski definition) is 2. The van der Waals surface area contributed by atoms with E-state index in [1.54, 1.807) is 12.1 Å². The lowest BCUT2D eigenvalue weighted by atomic mass is 9.77. The molecule has 25 heavy (non-hydrogen) atoms. The lowest BCUT2D eigenvalue weighted by molar-refractivity contribution is -0.118. The average Bonchev–Trinajstić information content (AvgIpc) is 2.73. The first-order valence-electron chi connectivity index (χ1n) is 8.25. The number of rotatable bonds is 5. The van der Waals surface area contributed by atoms with Crippen LogP contribution in [0, 0.1) is 0 Å². The molecule has 1 aromatic carbocycles. The zero-order valence-corrected chi connectivity index (χ0v) is 16.1. The Bertz CT molecular complexity index is 672. The van der Waals surface area contributed by atoms with E-state index in [2.05, 4.69) is 5.32 Å². The molecule has 0 aromatic heterocycles. The van der Waals surface area contributed by atoms with Gasteiger partial charge in [-0.05, 0) is 56.4 Å². The summed E-state index contributed by atoms with van der Waals surface area (Å²) in [5, 5.41) is 12.7. The fraction of sp³-hybridized carbons (Fsp3) is 0.500. The highest BCUT2D eigenvalue weighted by atomic mass is 35.5. The molecule has 2 rings (SSSR count). The van der Waals surface area contributed by atoms with Crippen molar-refractivity contribution in [2.24, 2.45) is 0 Å². The van der Waals surface area contributed by atoms with Crippen LogP contribution in [0.25, 0.3) is 6.08 Å². The maximum atomic E-state index is 11.3. The molecule has 136 valence electrons. The van der Waals surface area contributed by atoms with Crippen LogP contribution >= 0.6 is 11.6 Å². The summed E-state index contributed by atoms with van der Waals surface area (Å²) in [4.78, 5) is 11.3. The number of amides is 1. The predicted molar refractivity (Wildman–Crippen MR) is 100 cm³/mol. The van der Waals surface area contributed by atoms with Crippen molar-refractivity contribution in [3.05, 3.63) is 39.8 Å². The van der Waals surface area contributed by atoms with Gasteiger partial charge in [0.15, 0.2) is 0 Å². The lowest BCUT2D eigenvalue weighted by Gasteiger charge is -2.32. The van der Waals surface area contributed by atoms with Crippen LogP contribution in [-0.4, -0.2) is 35.9 Å². The highest BCUT2D eigenvalue weighted by Crippen LogP contribution is 2.38. The van der Waals surface area contributed by atoms with Gasteiger partial charge in [0, 0.05) is 18.5 Å². The van der Waals surface area contributed by atoms with Crippen molar-refractivity contribution in [2.75, 3.05) is 6.54 Å². The molecule has 1 aromatic rings. The molecule has 7 heteroatoms. The quantitative estimate of drug-likeness (QED) is 0.787. The van der Waals surface area contributed by atoms with Crippen LogP contribution in [0.2, 0.25) is 5.02 Å². The maximum absolute atomic E-state index is 11.3. The van der Waals surface area contributed by atoms with Crippen molar-refractivity contribution in [2.45, 2.75) is 52.4 Å². The van der Waals surface area contributed by atoms with Crippen molar-refractivity contribution in [3.63, 3.8) is 0 Å². The third-order valence-corrected chi connectivity index (χ3v) is 5.06. The van der Waals surface area contributed by atoms with Crippen LogP contribution in [0.3, 0.4) is 0 Å². The normalized spacial score (nSPS) is 19.2. The highest BCUT2D eigenvalue weighted by molar-refractivity contribution is 6.56. The molecule has 0 atom stereocenters. The molecule has 1 aliphatic heterocycles. The van der Waals surface area contributed by atoms with Crippen LogP contribution < -0.4 is 5.32 Å². The number of carbonyl (C=O) groups is 1. The van der Waals surface area contributed by atoms with Crippen molar-refractivity contribution < 1.29 is 19.2 Å². The zero-order valence-electron chi connectivity index (χ0n) is 15.4. The molecule has 2 N–H and O–H groups in total. The minimum atomic E-state index is -0.565. The summed E-state index contributed by atoms with van der Waals surface area (Å²) in [7, 11) is -0.565. The Morgan fingerprint density at radius 2 is 1.88 bits per heavy atom. The van der Waals surface area contributed by atoms with E-state index < -0.39 is 18.3 Å². The molecule has 0 aliphatic carbocycles. The summed E-state index contributed by atoms with van der Waals surface area (Å²) in [5.74, 6) is -0.130. The zero-order chi connectivity index (χ0) is 18.8. The van der Waals surface area contributed by atoms with Crippen LogP contribution in [0.5, 0.6) is 0 Å². The molecule has 5 nitrogen and oxygen atoms in total. The monoisotopic (exact) mass is 365 g/mol. The Labute approximate surface area is 154 Å². The van der Waals surface area contributed by atoms with Gasteiger partial charge in [-0.2, -0.15) is 0 Å². The molecule has 0 unspecified atom stereocenters. The number of aliphatic hydroxyl groups excluding tert-OH is 1. The van der Waals surface area contributed by atoms with Crippen LogP contribution in [0.1, 0.15) is 45.7 Å². The topological polar surface area (TPSA) is 67.8 Å². The first kappa shape index (κ1) is 20.0. The number of carbonyl (C=O) groups excluding carboxylic acids is 1. The largest absolute Gasteiger partial charge is 0.492 e. The molecule has 0 spiro atoms. The Hall–Kier alpha value is -1.34. The van der Waals surface area contributed by atoms with E-state index in [9.17, 15) is 9.90 Å². The van der Waals surface area contributed by atoms with Crippen molar-refractivity contribution in [3.8, 4) is 0 Å². The average molecular weight is 366 g/mol. The van der Waals surface area contributed by atoms with Crippen molar-refractivity contribution >= 4 is 30.7 Å². The van der Waals surface area contributed by atoms with Crippen LogP contribution in [-0.2, 0) is 20.7 Å². The Kier molecular flexibility index (Phi) is 5.99. The second-order valence-electron chi connectivity index (χ2n) is 7.23. The Balaban J connectivity index is 2.35. The lowest BCUT2D eigenvalue weighted by Crippen LogP contribution is -2.41. The second-order valence-corrected chi connectivity index (χ2v) is 7.63. The number of benzene rings is 1. The molecular weight excluding hydrogens is 340 g/mol. The predicted octanol–water partition coefficient (Wildman–Crippen LogP) is 2.98. The minimum Gasteiger partial charge on any atom is -0.400 e. The van der Waals surface area contributed by atoms with Gasteiger partial charge in [-0.1, -0.05) is 23.7 Å². The van der Waals surface area contributed by atoms with Crippen LogP contribution in [0.15, 0.2) is 23.7 Å². The first-order valence-corrected chi connectivity index (χ1v) is 8.63. The second kappa shape index (κ2) is 7.50. The summed E-state index contributed by atoms with van der Waals surface area (Å²) in [6.07, 6.45) is 1.90. The third kappa shape index (κ3) is 4.64. The molecule has 1 amide bonds. The van der Waals surface area contributed by atoms with Gasteiger partial charge in [0.2, 0.25) is 5.91 Å². The van der Waals surface area contributed by atoms with Gasteiger partial charge in [0.1, 0.15) is 0 Å². The van der Waals surface area contributed by atoms with Crippen molar-refractivity contribution in [1.29, 1.82) is 0 Å². The fourth-order valence-electron chi connectivity index (χ4n) is 2.44. The highest BCUT2D eigenvalue weighted by Gasteiger charge is 2.52. The van der Waals surface area contributed by atoms with Gasteiger partial charge >= 0.3 is 7.12 Å². The Morgan fingerprint density at radius 1 is 1.28 bits per heavy atom. The first-order chi connectivity index (χ1) is 11.6. The van der Waals surface area contributed by atoms with E-state index in [4.69, 9.17) is 20.9 Å². The number of nitrogens with one attached hydrogen (secondary N) is 1. The third-order valence-electron chi connectivity index (χ3n) is 4.69. The smallest absolute Gasteiger partial charge is 0.400 e. The number of hydrogen-bond acceptors (Lipinski definition) is 4. The minimum absolute atomic E-state index is 0.130. The number of aliphatic hydroxyl groups is 1. The molecule has 1 aliphatic rings. The van der Waals surface area contributed by atoms with Gasteiger partial charge in [-0.3, -0.25) is 4.79 Å². The molecule has 1 heterocycles. The molecule has 0 radical (unpaired) electrons.